The van der Waals surface area contributed by atoms with E-state index in [0.717, 1.165) is 31.2 Å². The number of allylic oxidation sites excluding steroid dienone is 1. The molecule has 4 rings (SSSR count). The Kier molecular flexibility index (Phi) is 7.94. The maximum atomic E-state index is 15.0. The van der Waals surface area contributed by atoms with Crippen molar-refractivity contribution in [1.82, 2.24) is 0 Å². The fourth-order valence-corrected chi connectivity index (χ4v) is 4.93. The molecule has 0 saturated heterocycles. The lowest BCUT2D eigenvalue weighted by molar-refractivity contribution is 0.313. The molecule has 1 aliphatic carbocycles. The Morgan fingerprint density at radius 1 is 0.800 bits per heavy atom. The van der Waals surface area contributed by atoms with Gasteiger partial charge in [0.25, 0.3) is 0 Å². The maximum absolute atomic E-state index is 15.0. The third kappa shape index (κ3) is 5.44. The summed E-state index contributed by atoms with van der Waals surface area (Å²) in [6.07, 6.45) is 6.30. The summed E-state index contributed by atoms with van der Waals surface area (Å²) in [5.41, 5.74) is 2.40. The highest BCUT2D eigenvalue weighted by Crippen LogP contribution is 2.39. The number of ether oxygens (including phenoxy) is 1. The zero-order valence-electron chi connectivity index (χ0n) is 19.9. The summed E-state index contributed by atoms with van der Waals surface area (Å²) in [6.45, 7) is 5.80. The summed E-state index contributed by atoms with van der Waals surface area (Å²) in [4.78, 5) is 0. The lowest BCUT2D eigenvalue weighted by Crippen LogP contribution is -2.13. The highest BCUT2D eigenvalue weighted by Gasteiger charge is 2.25. The van der Waals surface area contributed by atoms with Crippen molar-refractivity contribution in [3.8, 4) is 16.9 Å². The van der Waals surface area contributed by atoms with E-state index in [1.54, 1.807) is 43.3 Å². The standard InChI is InChI=1S/C30H30F4O/c1-3-19-5-10-21(11-6-19)24-16-17-25(29(33)28(24)32)22-12-7-20(8-13-22)9-14-23-15-18-26(35-4-2)30(34)27(23)31/h3,7-8,12-13,15-19,21H,1,4-6,9-11,14H2,2H3. The first-order valence-electron chi connectivity index (χ1n) is 12.2. The van der Waals surface area contributed by atoms with Crippen LogP contribution in [0.5, 0.6) is 5.75 Å². The summed E-state index contributed by atoms with van der Waals surface area (Å²) in [5, 5.41) is 0. The molecule has 0 N–H and O–H groups in total. The van der Waals surface area contributed by atoms with Crippen molar-refractivity contribution in [1.29, 1.82) is 0 Å². The van der Waals surface area contributed by atoms with Crippen LogP contribution in [0.2, 0.25) is 0 Å². The van der Waals surface area contributed by atoms with Crippen molar-refractivity contribution >= 4 is 0 Å². The second-order valence-corrected chi connectivity index (χ2v) is 9.16. The lowest BCUT2D eigenvalue weighted by atomic mass is 9.78. The van der Waals surface area contributed by atoms with Gasteiger partial charge < -0.3 is 4.74 Å². The molecule has 1 nitrogen and oxygen atoms in total. The Labute approximate surface area is 204 Å². The van der Waals surface area contributed by atoms with Gasteiger partial charge in [0, 0.05) is 5.56 Å². The molecule has 0 unspecified atom stereocenters. The molecule has 0 radical (unpaired) electrons. The third-order valence-electron chi connectivity index (χ3n) is 7.03. The van der Waals surface area contributed by atoms with Crippen LogP contribution in [0.1, 0.15) is 55.2 Å². The minimum absolute atomic E-state index is 0.0324. The van der Waals surface area contributed by atoms with Crippen LogP contribution >= 0.6 is 0 Å². The molecule has 0 atom stereocenters. The summed E-state index contributed by atoms with van der Waals surface area (Å²) >= 11 is 0. The van der Waals surface area contributed by atoms with E-state index in [9.17, 15) is 13.2 Å². The van der Waals surface area contributed by atoms with Crippen LogP contribution in [0.3, 0.4) is 0 Å². The normalized spacial score (nSPS) is 17.9. The largest absolute Gasteiger partial charge is 0.491 e. The van der Waals surface area contributed by atoms with E-state index in [4.69, 9.17) is 4.74 Å². The van der Waals surface area contributed by atoms with Crippen LogP contribution in [0.4, 0.5) is 17.6 Å². The molecule has 0 amide bonds. The van der Waals surface area contributed by atoms with Crippen LogP contribution in [0.25, 0.3) is 11.1 Å². The van der Waals surface area contributed by atoms with Crippen molar-refractivity contribution < 1.29 is 22.3 Å². The maximum Gasteiger partial charge on any atom is 0.200 e. The van der Waals surface area contributed by atoms with Gasteiger partial charge in [0.05, 0.1) is 6.61 Å². The molecule has 3 aromatic carbocycles. The first-order chi connectivity index (χ1) is 16.9. The summed E-state index contributed by atoms with van der Waals surface area (Å²) in [5.74, 6) is -3.07. The van der Waals surface area contributed by atoms with Crippen molar-refractivity contribution in [2.45, 2.75) is 51.4 Å². The van der Waals surface area contributed by atoms with E-state index in [-0.39, 0.29) is 29.4 Å². The van der Waals surface area contributed by atoms with Gasteiger partial charge in [0.2, 0.25) is 5.82 Å². The van der Waals surface area contributed by atoms with Crippen molar-refractivity contribution in [3.63, 3.8) is 0 Å². The van der Waals surface area contributed by atoms with Gasteiger partial charge in [-0.1, -0.05) is 48.5 Å². The number of aryl methyl sites for hydroxylation is 2. The Morgan fingerprint density at radius 2 is 1.51 bits per heavy atom. The van der Waals surface area contributed by atoms with Gasteiger partial charge in [-0.05, 0) is 85.6 Å². The predicted octanol–water partition coefficient (Wildman–Crippen LogP) is 8.55. The van der Waals surface area contributed by atoms with E-state index in [2.05, 4.69) is 6.58 Å². The quantitative estimate of drug-likeness (QED) is 0.231. The van der Waals surface area contributed by atoms with Crippen LogP contribution < -0.4 is 4.74 Å². The number of rotatable bonds is 8. The molecule has 0 aliphatic heterocycles. The zero-order valence-corrected chi connectivity index (χ0v) is 19.9. The van der Waals surface area contributed by atoms with E-state index >= 15 is 4.39 Å². The molecule has 0 aromatic heterocycles. The summed E-state index contributed by atoms with van der Waals surface area (Å²) in [6, 6.07) is 13.4. The van der Waals surface area contributed by atoms with E-state index < -0.39 is 23.3 Å². The molecule has 5 heteroatoms. The monoisotopic (exact) mass is 482 g/mol. The highest BCUT2D eigenvalue weighted by molar-refractivity contribution is 5.65. The number of benzene rings is 3. The molecule has 1 fully saturated rings. The fraction of sp³-hybridized carbons (Fsp3) is 0.333. The van der Waals surface area contributed by atoms with Gasteiger partial charge in [-0.2, -0.15) is 4.39 Å². The minimum Gasteiger partial charge on any atom is -0.491 e. The van der Waals surface area contributed by atoms with Gasteiger partial charge in [-0.15, -0.1) is 6.58 Å². The Balaban J connectivity index is 1.45. The molecule has 3 aromatic rings. The molecule has 0 heterocycles. The SMILES string of the molecule is C=CC1CCC(c2ccc(-c3ccc(CCc4ccc(OCC)c(F)c4F)cc3)c(F)c2F)CC1. The Morgan fingerprint density at radius 3 is 2.17 bits per heavy atom. The van der Waals surface area contributed by atoms with Gasteiger partial charge in [0.15, 0.2) is 23.2 Å². The van der Waals surface area contributed by atoms with Gasteiger partial charge in [-0.3, -0.25) is 0 Å². The van der Waals surface area contributed by atoms with Gasteiger partial charge >= 0.3 is 0 Å². The van der Waals surface area contributed by atoms with Gasteiger partial charge in [0.1, 0.15) is 0 Å². The van der Waals surface area contributed by atoms with Crippen LogP contribution in [-0.4, -0.2) is 6.61 Å². The average Bonchev–Trinajstić information content (AvgIpc) is 2.88. The second kappa shape index (κ2) is 11.1. The molecule has 184 valence electrons. The van der Waals surface area contributed by atoms with E-state index in [1.165, 1.54) is 12.1 Å². The number of halogens is 4. The fourth-order valence-electron chi connectivity index (χ4n) is 4.93. The number of hydrogen-bond donors (Lipinski definition) is 0. The highest BCUT2D eigenvalue weighted by atomic mass is 19.2. The summed E-state index contributed by atoms with van der Waals surface area (Å²) < 4.78 is 63.5. The molecular weight excluding hydrogens is 452 g/mol. The molecule has 0 bridgehead atoms. The Hall–Kier alpha value is -3.08. The zero-order chi connectivity index (χ0) is 24.9. The molecular formula is C30H30F4O. The van der Waals surface area contributed by atoms with Gasteiger partial charge in [-0.25, -0.2) is 13.2 Å². The van der Waals surface area contributed by atoms with E-state index in [0.29, 0.717) is 29.9 Å². The average molecular weight is 483 g/mol. The van der Waals surface area contributed by atoms with Crippen molar-refractivity contribution in [2.75, 3.05) is 6.61 Å². The number of hydrogen-bond acceptors (Lipinski definition) is 1. The molecule has 1 saturated carbocycles. The van der Waals surface area contributed by atoms with E-state index in [1.807, 2.05) is 6.08 Å². The molecule has 0 spiro atoms. The Bertz CT molecular complexity index is 1180. The lowest BCUT2D eigenvalue weighted by Gasteiger charge is -2.27. The first-order valence-corrected chi connectivity index (χ1v) is 12.2. The molecule has 35 heavy (non-hydrogen) atoms. The van der Waals surface area contributed by atoms with Crippen LogP contribution in [-0.2, 0) is 12.8 Å². The summed E-state index contributed by atoms with van der Waals surface area (Å²) in [7, 11) is 0. The predicted molar refractivity (Wildman–Crippen MR) is 132 cm³/mol. The van der Waals surface area contributed by atoms with Crippen molar-refractivity contribution in [3.05, 3.63) is 101 Å². The smallest absolute Gasteiger partial charge is 0.200 e. The van der Waals surface area contributed by atoms with Crippen LogP contribution in [0.15, 0.2) is 61.2 Å². The molecule has 1 aliphatic rings. The first kappa shape index (κ1) is 25.0. The van der Waals surface area contributed by atoms with Crippen LogP contribution in [0, 0.1) is 29.2 Å². The second-order valence-electron chi connectivity index (χ2n) is 9.16. The van der Waals surface area contributed by atoms with Crippen molar-refractivity contribution in [2.24, 2.45) is 5.92 Å². The topological polar surface area (TPSA) is 9.23 Å². The minimum atomic E-state index is -0.977. The third-order valence-corrected chi connectivity index (χ3v) is 7.03.